The van der Waals surface area contributed by atoms with Crippen molar-refractivity contribution >= 4 is 6.03 Å². The molecule has 0 aliphatic heterocycles. The van der Waals surface area contributed by atoms with E-state index in [-0.39, 0.29) is 18.7 Å². The molecule has 0 radical (unpaired) electrons. The largest absolute Gasteiger partial charge is 0.394 e. The lowest BCUT2D eigenvalue weighted by Crippen LogP contribution is -2.54. The Balaban J connectivity index is 2.00. The van der Waals surface area contributed by atoms with Crippen LogP contribution in [0.5, 0.6) is 0 Å². The Morgan fingerprint density at radius 2 is 2.10 bits per heavy atom. The first-order valence-corrected chi connectivity index (χ1v) is 7.63. The molecule has 2 rings (SSSR count). The molecule has 4 nitrogen and oxygen atoms in total. The SMILES string of the molecule is Cc1cccc(C(C)NC(=O)NC(C)(CO)C2CC2)c1C. The molecule has 2 unspecified atom stereocenters. The Morgan fingerprint density at radius 1 is 1.43 bits per heavy atom. The highest BCUT2D eigenvalue weighted by atomic mass is 16.3. The normalized spacial score (nSPS) is 18.7. The molecule has 1 aliphatic carbocycles. The highest BCUT2D eigenvalue weighted by Gasteiger charge is 2.42. The average Bonchev–Trinajstić information content (AvgIpc) is 3.26. The van der Waals surface area contributed by atoms with Crippen LogP contribution in [0.1, 0.15) is 49.4 Å². The van der Waals surface area contributed by atoms with Gasteiger partial charge in [0.05, 0.1) is 18.2 Å². The molecule has 116 valence electrons. The molecule has 1 saturated carbocycles. The zero-order valence-corrected chi connectivity index (χ0v) is 13.4. The average molecular weight is 290 g/mol. The number of benzene rings is 1. The molecule has 0 heterocycles. The number of carbonyl (C=O) groups excluding carboxylic acids is 1. The van der Waals surface area contributed by atoms with E-state index in [4.69, 9.17) is 0 Å². The third-order valence-corrected chi connectivity index (χ3v) is 4.67. The lowest BCUT2D eigenvalue weighted by atomic mass is 9.97. The zero-order valence-electron chi connectivity index (χ0n) is 13.4. The third kappa shape index (κ3) is 3.56. The molecule has 21 heavy (non-hydrogen) atoms. The molecule has 0 aromatic heterocycles. The topological polar surface area (TPSA) is 61.4 Å². The fourth-order valence-corrected chi connectivity index (χ4v) is 2.80. The van der Waals surface area contributed by atoms with E-state index in [2.05, 4.69) is 30.5 Å². The van der Waals surface area contributed by atoms with E-state index in [9.17, 15) is 9.90 Å². The van der Waals surface area contributed by atoms with Crippen LogP contribution in [0, 0.1) is 19.8 Å². The van der Waals surface area contributed by atoms with E-state index < -0.39 is 5.54 Å². The summed E-state index contributed by atoms with van der Waals surface area (Å²) in [5.74, 6) is 0.393. The highest BCUT2D eigenvalue weighted by Crippen LogP contribution is 2.39. The first-order valence-electron chi connectivity index (χ1n) is 7.63. The predicted molar refractivity (Wildman–Crippen MR) is 84.2 cm³/mol. The summed E-state index contributed by atoms with van der Waals surface area (Å²) >= 11 is 0. The van der Waals surface area contributed by atoms with Crippen LogP contribution in [0.15, 0.2) is 18.2 Å². The second-order valence-corrected chi connectivity index (χ2v) is 6.46. The molecule has 1 aromatic rings. The van der Waals surface area contributed by atoms with Gasteiger partial charge in [-0.25, -0.2) is 4.79 Å². The first kappa shape index (κ1) is 15.8. The molecule has 1 aliphatic rings. The van der Waals surface area contributed by atoms with Crippen molar-refractivity contribution in [2.75, 3.05) is 6.61 Å². The van der Waals surface area contributed by atoms with Crippen molar-refractivity contribution in [3.05, 3.63) is 34.9 Å². The van der Waals surface area contributed by atoms with E-state index in [1.807, 2.05) is 26.0 Å². The number of hydrogen-bond donors (Lipinski definition) is 3. The molecule has 2 atom stereocenters. The van der Waals surface area contributed by atoms with E-state index in [0.29, 0.717) is 5.92 Å². The van der Waals surface area contributed by atoms with Gasteiger partial charge in [0.15, 0.2) is 0 Å². The number of aliphatic hydroxyl groups is 1. The van der Waals surface area contributed by atoms with Crippen LogP contribution in [0.25, 0.3) is 0 Å². The number of amides is 2. The fraction of sp³-hybridized carbons (Fsp3) is 0.588. The van der Waals surface area contributed by atoms with Gasteiger partial charge in [-0.1, -0.05) is 18.2 Å². The molecule has 0 saturated heterocycles. The summed E-state index contributed by atoms with van der Waals surface area (Å²) in [6, 6.07) is 5.84. The number of carbonyl (C=O) groups is 1. The Hall–Kier alpha value is -1.55. The van der Waals surface area contributed by atoms with Crippen molar-refractivity contribution in [3.8, 4) is 0 Å². The van der Waals surface area contributed by atoms with Crippen LogP contribution < -0.4 is 10.6 Å². The molecule has 1 aromatic carbocycles. The summed E-state index contributed by atoms with van der Waals surface area (Å²) in [4.78, 5) is 12.2. The van der Waals surface area contributed by atoms with Gasteiger partial charge < -0.3 is 15.7 Å². The summed E-state index contributed by atoms with van der Waals surface area (Å²) in [5.41, 5.74) is 3.05. The maximum Gasteiger partial charge on any atom is 0.315 e. The van der Waals surface area contributed by atoms with Crippen molar-refractivity contribution in [2.45, 2.75) is 52.1 Å². The fourth-order valence-electron chi connectivity index (χ4n) is 2.80. The Kier molecular flexibility index (Phi) is 4.57. The Morgan fingerprint density at radius 3 is 2.67 bits per heavy atom. The van der Waals surface area contributed by atoms with Gasteiger partial charge in [0.25, 0.3) is 0 Å². The summed E-state index contributed by atoms with van der Waals surface area (Å²) in [6.07, 6.45) is 2.15. The number of aliphatic hydroxyl groups excluding tert-OH is 1. The monoisotopic (exact) mass is 290 g/mol. The number of urea groups is 1. The lowest BCUT2D eigenvalue weighted by Gasteiger charge is -2.30. The van der Waals surface area contributed by atoms with Gasteiger partial charge in [0.2, 0.25) is 0 Å². The van der Waals surface area contributed by atoms with Crippen LogP contribution in [0.4, 0.5) is 4.79 Å². The molecule has 4 heteroatoms. The first-order chi connectivity index (χ1) is 9.87. The quantitative estimate of drug-likeness (QED) is 0.781. The number of hydrogen-bond acceptors (Lipinski definition) is 2. The van der Waals surface area contributed by atoms with Gasteiger partial charge in [0, 0.05) is 0 Å². The van der Waals surface area contributed by atoms with Crippen LogP contribution in [0.3, 0.4) is 0 Å². The van der Waals surface area contributed by atoms with E-state index in [0.717, 1.165) is 18.4 Å². The minimum Gasteiger partial charge on any atom is -0.394 e. The van der Waals surface area contributed by atoms with E-state index in [1.54, 1.807) is 0 Å². The van der Waals surface area contributed by atoms with Gasteiger partial charge in [0.1, 0.15) is 0 Å². The highest BCUT2D eigenvalue weighted by molar-refractivity contribution is 5.75. The summed E-state index contributed by atoms with van der Waals surface area (Å²) in [5, 5.41) is 15.4. The number of rotatable bonds is 5. The standard InChI is InChI=1S/C17H26N2O2/c1-11-6-5-7-15(12(11)2)13(3)18-16(21)19-17(4,10-20)14-8-9-14/h5-7,13-14,20H,8-10H2,1-4H3,(H2,18,19,21). The van der Waals surface area contributed by atoms with Gasteiger partial charge in [-0.2, -0.15) is 0 Å². The molecule has 2 amide bonds. The Labute approximate surface area is 126 Å². The van der Waals surface area contributed by atoms with Gasteiger partial charge in [-0.15, -0.1) is 0 Å². The van der Waals surface area contributed by atoms with E-state index in [1.165, 1.54) is 11.1 Å². The second kappa shape index (κ2) is 6.06. The van der Waals surface area contributed by atoms with Crippen LogP contribution in [-0.2, 0) is 0 Å². The van der Waals surface area contributed by atoms with Crippen molar-refractivity contribution in [2.24, 2.45) is 5.92 Å². The minimum absolute atomic E-state index is 0.0249. The number of nitrogens with one attached hydrogen (secondary N) is 2. The van der Waals surface area contributed by atoms with Gasteiger partial charge in [-0.3, -0.25) is 0 Å². The molecule has 0 bridgehead atoms. The predicted octanol–water partition coefficient (Wildman–Crippen LogP) is 2.82. The summed E-state index contributed by atoms with van der Waals surface area (Å²) in [6.45, 7) is 8.01. The van der Waals surface area contributed by atoms with Crippen LogP contribution in [-0.4, -0.2) is 23.3 Å². The minimum atomic E-state index is -0.508. The molecule has 1 fully saturated rings. The van der Waals surface area contributed by atoms with Crippen molar-refractivity contribution in [3.63, 3.8) is 0 Å². The smallest absolute Gasteiger partial charge is 0.315 e. The summed E-state index contributed by atoms with van der Waals surface area (Å²) < 4.78 is 0. The zero-order chi connectivity index (χ0) is 15.6. The maximum absolute atomic E-state index is 12.2. The summed E-state index contributed by atoms with van der Waals surface area (Å²) in [7, 11) is 0. The molecular formula is C17H26N2O2. The van der Waals surface area contributed by atoms with Crippen molar-refractivity contribution in [1.29, 1.82) is 0 Å². The van der Waals surface area contributed by atoms with Gasteiger partial charge >= 0.3 is 6.03 Å². The maximum atomic E-state index is 12.2. The third-order valence-electron chi connectivity index (χ3n) is 4.67. The second-order valence-electron chi connectivity index (χ2n) is 6.46. The Bertz CT molecular complexity index is 526. The molecular weight excluding hydrogens is 264 g/mol. The van der Waals surface area contributed by atoms with Crippen LogP contribution >= 0.6 is 0 Å². The van der Waals surface area contributed by atoms with Gasteiger partial charge in [-0.05, 0) is 63.1 Å². The molecule has 0 spiro atoms. The molecule has 3 N–H and O–H groups in total. The number of aryl methyl sites for hydroxylation is 1. The van der Waals surface area contributed by atoms with Crippen molar-refractivity contribution < 1.29 is 9.90 Å². The van der Waals surface area contributed by atoms with Crippen molar-refractivity contribution in [1.82, 2.24) is 10.6 Å². The lowest BCUT2D eigenvalue weighted by molar-refractivity contribution is 0.154. The van der Waals surface area contributed by atoms with Crippen LogP contribution in [0.2, 0.25) is 0 Å². The van der Waals surface area contributed by atoms with E-state index >= 15 is 0 Å².